The molecular formula is C50H46N4O4. The van der Waals surface area contributed by atoms with Crippen LogP contribution in [0.5, 0.6) is 0 Å². The SMILES string of the molecule is Cc1ccc2oc3ccccc3c2c1.Cc1cccc2c1oc1ccccc12.Cc1ccccn1.Cc1ccco1.Cc1coc2ccccc12.Cc1ncncn1. The minimum Gasteiger partial charge on any atom is -0.470 e. The van der Waals surface area contributed by atoms with Gasteiger partial charge >= 0.3 is 0 Å². The Balaban J connectivity index is 0.000000121. The maximum Gasteiger partial charge on any atom is 0.138 e. The molecule has 290 valence electrons. The Hall–Kier alpha value is -7.32. The molecule has 0 unspecified atom stereocenters. The van der Waals surface area contributed by atoms with Gasteiger partial charge in [-0.1, -0.05) is 90.5 Å². The smallest absolute Gasteiger partial charge is 0.138 e. The van der Waals surface area contributed by atoms with E-state index in [0.717, 1.165) is 45.2 Å². The number of aryl methyl sites for hydroxylation is 6. The normalized spacial score (nSPS) is 10.2. The fourth-order valence-corrected chi connectivity index (χ4v) is 5.94. The number of rotatable bonds is 0. The third-order valence-electron chi connectivity index (χ3n) is 8.91. The van der Waals surface area contributed by atoms with E-state index in [1.54, 1.807) is 18.7 Å². The van der Waals surface area contributed by atoms with Gasteiger partial charge in [-0.25, -0.2) is 15.0 Å². The van der Waals surface area contributed by atoms with Crippen LogP contribution in [-0.2, 0) is 0 Å². The molecule has 0 aliphatic heterocycles. The highest BCUT2D eigenvalue weighted by molar-refractivity contribution is 6.06. The Labute approximate surface area is 337 Å². The quantitative estimate of drug-likeness (QED) is 0.150. The molecule has 5 aromatic carbocycles. The summed E-state index contributed by atoms with van der Waals surface area (Å²) in [5.74, 6) is 1.73. The average Bonchev–Trinajstić information content (AvgIpc) is 4.06. The van der Waals surface area contributed by atoms with Crippen LogP contribution in [0.4, 0.5) is 0 Å². The van der Waals surface area contributed by atoms with Crippen LogP contribution >= 0.6 is 0 Å². The maximum atomic E-state index is 5.78. The summed E-state index contributed by atoms with van der Waals surface area (Å²) in [6.45, 7) is 11.9. The zero-order valence-corrected chi connectivity index (χ0v) is 33.6. The first kappa shape index (κ1) is 40.3. The van der Waals surface area contributed by atoms with Crippen LogP contribution < -0.4 is 0 Å². The van der Waals surface area contributed by atoms with Crippen molar-refractivity contribution >= 4 is 54.8 Å². The molecule has 11 rings (SSSR count). The van der Waals surface area contributed by atoms with Crippen molar-refractivity contribution in [3.63, 3.8) is 0 Å². The average molecular weight is 767 g/mol. The van der Waals surface area contributed by atoms with Gasteiger partial charge in [-0.2, -0.15) is 0 Å². The van der Waals surface area contributed by atoms with E-state index >= 15 is 0 Å². The first-order chi connectivity index (χ1) is 28.3. The molecule has 0 saturated carbocycles. The molecule has 0 spiro atoms. The summed E-state index contributed by atoms with van der Waals surface area (Å²) >= 11 is 0. The first-order valence-electron chi connectivity index (χ1n) is 18.9. The third kappa shape index (κ3) is 10.9. The Morgan fingerprint density at radius 2 is 1.05 bits per heavy atom. The van der Waals surface area contributed by atoms with Gasteiger partial charge in [0, 0.05) is 38.8 Å². The van der Waals surface area contributed by atoms with Crippen molar-refractivity contribution in [1.82, 2.24) is 19.9 Å². The molecule has 0 aliphatic rings. The van der Waals surface area contributed by atoms with Crippen molar-refractivity contribution in [2.75, 3.05) is 0 Å². The number of hydrogen-bond acceptors (Lipinski definition) is 8. The topological polar surface area (TPSA) is 104 Å². The van der Waals surface area contributed by atoms with E-state index in [9.17, 15) is 0 Å². The summed E-state index contributed by atoms with van der Waals surface area (Å²) in [5.41, 5.74) is 9.62. The molecule has 6 aromatic heterocycles. The summed E-state index contributed by atoms with van der Waals surface area (Å²) in [5, 5.41) is 6.03. The lowest BCUT2D eigenvalue weighted by Crippen LogP contribution is -1.84. The van der Waals surface area contributed by atoms with E-state index in [4.69, 9.17) is 17.7 Å². The van der Waals surface area contributed by atoms with E-state index in [1.165, 1.54) is 56.3 Å². The van der Waals surface area contributed by atoms with Crippen molar-refractivity contribution in [2.45, 2.75) is 41.5 Å². The number of benzene rings is 5. The van der Waals surface area contributed by atoms with E-state index in [0.29, 0.717) is 0 Å². The van der Waals surface area contributed by atoms with Crippen molar-refractivity contribution in [1.29, 1.82) is 0 Å². The molecule has 0 fully saturated rings. The van der Waals surface area contributed by atoms with Gasteiger partial charge in [0.1, 0.15) is 52.2 Å². The fraction of sp³-hybridized carbons (Fsp3) is 0.120. The van der Waals surface area contributed by atoms with Gasteiger partial charge in [0.05, 0.1) is 12.5 Å². The number of nitrogens with zero attached hydrogens (tertiary/aromatic N) is 4. The Morgan fingerprint density at radius 3 is 1.62 bits per heavy atom. The maximum absolute atomic E-state index is 5.78. The van der Waals surface area contributed by atoms with E-state index in [1.807, 2.05) is 119 Å². The number of hydrogen-bond donors (Lipinski definition) is 0. The summed E-state index contributed by atoms with van der Waals surface area (Å²) in [7, 11) is 0. The summed E-state index contributed by atoms with van der Waals surface area (Å²) < 4.78 is 21.6. The first-order valence-corrected chi connectivity index (χ1v) is 18.9. The number of aromatic nitrogens is 4. The number of para-hydroxylation sites is 4. The summed E-state index contributed by atoms with van der Waals surface area (Å²) in [6, 6.07) is 46.5. The molecule has 0 radical (unpaired) electrons. The van der Waals surface area contributed by atoms with Crippen LogP contribution in [0.15, 0.2) is 189 Å². The molecule has 0 N–H and O–H groups in total. The van der Waals surface area contributed by atoms with Crippen molar-refractivity contribution in [2.24, 2.45) is 0 Å². The fourth-order valence-electron chi connectivity index (χ4n) is 5.94. The zero-order valence-electron chi connectivity index (χ0n) is 33.6. The molecule has 0 saturated heterocycles. The molecule has 6 heterocycles. The van der Waals surface area contributed by atoms with Crippen molar-refractivity contribution in [3.8, 4) is 0 Å². The van der Waals surface area contributed by atoms with Gasteiger partial charge in [-0.3, -0.25) is 4.98 Å². The van der Waals surface area contributed by atoms with Gasteiger partial charge in [-0.05, 0) is 107 Å². The van der Waals surface area contributed by atoms with Gasteiger partial charge < -0.3 is 17.7 Å². The Bertz CT molecular complexity index is 2860. The lowest BCUT2D eigenvalue weighted by atomic mass is 10.1. The molecule has 0 amide bonds. The lowest BCUT2D eigenvalue weighted by Gasteiger charge is -1.91. The van der Waals surface area contributed by atoms with Gasteiger partial charge in [-0.15, -0.1) is 0 Å². The Morgan fingerprint density at radius 1 is 0.431 bits per heavy atom. The van der Waals surface area contributed by atoms with Crippen LogP contribution in [0.25, 0.3) is 54.8 Å². The number of fused-ring (bicyclic) bond motifs is 7. The van der Waals surface area contributed by atoms with Gasteiger partial charge in [0.15, 0.2) is 0 Å². The van der Waals surface area contributed by atoms with E-state index in [-0.39, 0.29) is 0 Å². The second-order valence-electron chi connectivity index (χ2n) is 13.4. The number of pyridine rings is 1. The van der Waals surface area contributed by atoms with Crippen LogP contribution in [0.3, 0.4) is 0 Å². The molecule has 0 aliphatic carbocycles. The lowest BCUT2D eigenvalue weighted by molar-refractivity contribution is 0.534. The number of furan rings is 4. The van der Waals surface area contributed by atoms with Crippen LogP contribution in [0.1, 0.15) is 34.0 Å². The van der Waals surface area contributed by atoms with Gasteiger partial charge in [0.2, 0.25) is 0 Å². The Kier molecular flexibility index (Phi) is 13.9. The second-order valence-corrected chi connectivity index (χ2v) is 13.4. The standard InChI is InChI=1S/2C13H10O.C9H8O.C6H7N.C5H6O.C4H5N3/c1-9-5-4-7-11-10-6-2-3-8-12(10)14-13(9)11;1-9-6-7-13-11(8-9)10-4-2-3-5-12(10)14-13;1-7-6-10-9-5-3-2-4-8(7)9;1-6-4-2-3-5-7-6;1-5-3-2-4-6-5;1-4-6-2-5-3-7-4/h2*2-8H,1H3;2-6H,1H3;2-5H,1H3;2-4H,1H3;2-3H,1H3. The van der Waals surface area contributed by atoms with E-state index < -0.39 is 0 Å². The predicted octanol–water partition coefficient (Wildman–Crippen LogP) is 13.7. The highest BCUT2D eigenvalue weighted by Gasteiger charge is 2.07. The predicted molar refractivity (Wildman–Crippen MR) is 235 cm³/mol. The zero-order chi connectivity index (χ0) is 40.7. The second kappa shape index (κ2) is 20.0. The minimum atomic E-state index is 0.759. The van der Waals surface area contributed by atoms with Crippen LogP contribution in [0.2, 0.25) is 0 Å². The largest absolute Gasteiger partial charge is 0.470 e. The van der Waals surface area contributed by atoms with Gasteiger partial charge in [0.25, 0.3) is 0 Å². The molecule has 8 heteroatoms. The minimum absolute atomic E-state index is 0.759. The molecule has 58 heavy (non-hydrogen) atoms. The monoisotopic (exact) mass is 766 g/mol. The van der Waals surface area contributed by atoms with Crippen LogP contribution in [0, 0.1) is 41.5 Å². The highest BCUT2D eigenvalue weighted by atomic mass is 16.3. The summed E-state index contributed by atoms with van der Waals surface area (Å²) in [6.07, 6.45) is 8.18. The van der Waals surface area contributed by atoms with Crippen molar-refractivity contribution in [3.05, 3.63) is 205 Å². The molecule has 11 aromatic rings. The molecule has 8 nitrogen and oxygen atoms in total. The molecule has 0 bridgehead atoms. The summed E-state index contributed by atoms with van der Waals surface area (Å²) in [4.78, 5) is 15.1. The van der Waals surface area contributed by atoms with Crippen molar-refractivity contribution < 1.29 is 17.7 Å². The molecule has 0 atom stereocenters. The third-order valence-corrected chi connectivity index (χ3v) is 8.91. The highest BCUT2D eigenvalue weighted by Crippen LogP contribution is 2.30. The van der Waals surface area contributed by atoms with Crippen LogP contribution in [-0.4, -0.2) is 19.9 Å². The van der Waals surface area contributed by atoms with E-state index in [2.05, 4.69) is 82.3 Å². The molecular weight excluding hydrogens is 721 g/mol.